The first-order valence-corrected chi connectivity index (χ1v) is 12.2. The zero-order chi connectivity index (χ0) is 26.4. The van der Waals surface area contributed by atoms with Crippen LogP contribution in [0.25, 0.3) is 21.6 Å². The molecule has 1 N–H and O–H groups in total. The zero-order valence-corrected chi connectivity index (χ0v) is 21.2. The van der Waals surface area contributed by atoms with Crippen LogP contribution in [-0.2, 0) is 16.0 Å². The van der Waals surface area contributed by atoms with Gasteiger partial charge in [0.15, 0.2) is 0 Å². The number of nitrogens with one attached hydrogen (secondary N) is 1. The van der Waals surface area contributed by atoms with Crippen LogP contribution in [0, 0.1) is 0 Å². The second-order valence-electron chi connectivity index (χ2n) is 10.0. The van der Waals surface area contributed by atoms with Gasteiger partial charge in [-0.25, -0.2) is 4.79 Å². The van der Waals surface area contributed by atoms with E-state index in [9.17, 15) is 9.59 Å². The van der Waals surface area contributed by atoms with Crippen molar-refractivity contribution in [1.29, 1.82) is 0 Å². The van der Waals surface area contributed by atoms with Gasteiger partial charge in [0.2, 0.25) is 5.91 Å². The summed E-state index contributed by atoms with van der Waals surface area (Å²) in [6, 6.07) is 23.1. The molecule has 2 amide bonds. The molecule has 0 spiro atoms. The van der Waals surface area contributed by atoms with E-state index in [4.69, 9.17) is 15.0 Å². The third-order valence-electron chi connectivity index (χ3n) is 6.07. The molecule has 8 heteroatoms. The fraction of sp³-hybridized carbons (Fsp3) is 0.310. The van der Waals surface area contributed by atoms with Gasteiger partial charge >= 0.3 is 6.09 Å². The Labute approximate surface area is 216 Å². The SMILES string of the molecule is CC(C)(C)Oc1ccc(C[C@@H](CC(=O)N=[N+]=[N-])NC(=O)OCC2c3ccccc3-c3ccccc32)cc1. The van der Waals surface area contributed by atoms with Gasteiger partial charge in [-0.1, -0.05) is 60.7 Å². The Kier molecular flexibility index (Phi) is 7.80. The van der Waals surface area contributed by atoms with Gasteiger partial charge in [0.1, 0.15) is 18.0 Å². The lowest BCUT2D eigenvalue weighted by Crippen LogP contribution is -2.38. The van der Waals surface area contributed by atoms with Crippen LogP contribution in [0.4, 0.5) is 4.79 Å². The molecule has 0 heterocycles. The van der Waals surface area contributed by atoms with Gasteiger partial charge in [0.05, 0.1) is 0 Å². The van der Waals surface area contributed by atoms with Crippen LogP contribution >= 0.6 is 0 Å². The van der Waals surface area contributed by atoms with Crippen molar-refractivity contribution in [1.82, 2.24) is 5.32 Å². The molecular formula is C29H30N4O4. The number of fused-ring (bicyclic) bond motifs is 3. The number of alkyl carbamates (subject to hydrolysis) is 1. The number of azide groups is 1. The van der Waals surface area contributed by atoms with E-state index in [-0.39, 0.29) is 24.5 Å². The number of hydrogen-bond acceptors (Lipinski definition) is 4. The van der Waals surface area contributed by atoms with Gasteiger partial charge < -0.3 is 14.8 Å². The average Bonchev–Trinajstić information content (AvgIpc) is 3.17. The molecule has 0 saturated heterocycles. The van der Waals surface area contributed by atoms with Crippen LogP contribution in [0.1, 0.15) is 49.8 Å². The van der Waals surface area contributed by atoms with Crippen molar-refractivity contribution < 1.29 is 19.1 Å². The molecule has 1 aliphatic rings. The van der Waals surface area contributed by atoms with Crippen molar-refractivity contribution in [3.63, 3.8) is 0 Å². The fourth-order valence-electron chi connectivity index (χ4n) is 4.61. The molecule has 3 aromatic carbocycles. The molecule has 0 radical (unpaired) electrons. The third-order valence-corrected chi connectivity index (χ3v) is 6.07. The first-order valence-electron chi connectivity index (χ1n) is 12.2. The number of hydrogen-bond donors (Lipinski definition) is 1. The second-order valence-corrected chi connectivity index (χ2v) is 10.0. The molecule has 0 unspecified atom stereocenters. The van der Waals surface area contributed by atoms with E-state index >= 15 is 0 Å². The summed E-state index contributed by atoms with van der Waals surface area (Å²) in [5.74, 6) is -0.00151. The highest BCUT2D eigenvalue weighted by molar-refractivity contribution is 5.80. The van der Waals surface area contributed by atoms with Crippen LogP contribution in [0.3, 0.4) is 0 Å². The van der Waals surface area contributed by atoms with Crippen LogP contribution in [-0.4, -0.2) is 30.3 Å². The highest BCUT2D eigenvalue weighted by atomic mass is 16.5. The largest absolute Gasteiger partial charge is 0.488 e. The van der Waals surface area contributed by atoms with Gasteiger partial charge in [-0.15, -0.1) is 0 Å². The highest BCUT2D eigenvalue weighted by Gasteiger charge is 2.29. The summed E-state index contributed by atoms with van der Waals surface area (Å²) in [5.41, 5.74) is 13.7. The van der Waals surface area contributed by atoms with E-state index in [1.807, 2.05) is 69.3 Å². The van der Waals surface area contributed by atoms with Crippen molar-refractivity contribution in [3.8, 4) is 16.9 Å². The summed E-state index contributed by atoms with van der Waals surface area (Å²) in [5, 5.41) is 5.94. The molecule has 1 atom stereocenters. The molecule has 190 valence electrons. The summed E-state index contributed by atoms with van der Waals surface area (Å²) in [6.07, 6.45) is -0.422. The van der Waals surface area contributed by atoms with Gasteiger partial charge in [0.25, 0.3) is 0 Å². The van der Waals surface area contributed by atoms with Crippen LogP contribution in [0.5, 0.6) is 5.75 Å². The number of ether oxygens (including phenoxy) is 2. The third kappa shape index (κ3) is 6.68. The van der Waals surface area contributed by atoms with Gasteiger partial charge in [0, 0.05) is 23.3 Å². The van der Waals surface area contributed by atoms with Crippen molar-refractivity contribution in [3.05, 3.63) is 99.9 Å². The monoisotopic (exact) mass is 498 g/mol. The Hall–Kier alpha value is -4.29. The minimum atomic E-state index is -0.654. The summed E-state index contributed by atoms with van der Waals surface area (Å²) in [7, 11) is 0. The predicted octanol–water partition coefficient (Wildman–Crippen LogP) is 6.54. The van der Waals surface area contributed by atoms with Gasteiger partial charge in [-0.3, -0.25) is 4.79 Å². The summed E-state index contributed by atoms with van der Waals surface area (Å²) < 4.78 is 11.5. The van der Waals surface area contributed by atoms with Crippen molar-refractivity contribution in [2.24, 2.45) is 5.11 Å². The number of amides is 2. The topological polar surface area (TPSA) is 113 Å². The number of nitrogens with zero attached hydrogens (tertiary/aromatic N) is 3. The van der Waals surface area contributed by atoms with Crippen molar-refractivity contribution in [2.45, 2.75) is 51.2 Å². The normalized spacial score (nSPS) is 13.1. The Morgan fingerprint density at radius 1 is 0.973 bits per heavy atom. The standard InChI is InChI=1S/C29H30N4O4/c1-29(2,3)37-21-14-12-19(13-15-21)16-20(17-27(34)32-33-30)31-28(35)36-18-26-24-10-6-4-8-22(24)23-9-5-7-11-25(23)26/h4-15,20,26H,16-18H2,1-3H3,(H,31,35)/t20-/m0/s1. The Balaban J connectivity index is 1.42. The maximum absolute atomic E-state index is 12.8. The zero-order valence-electron chi connectivity index (χ0n) is 21.2. The van der Waals surface area contributed by atoms with E-state index in [2.05, 4.69) is 39.6 Å². The predicted molar refractivity (Wildman–Crippen MR) is 141 cm³/mol. The van der Waals surface area contributed by atoms with Gasteiger partial charge in [-0.05, 0) is 77.8 Å². The first kappa shape index (κ1) is 25.8. The molecule has 0 saturated carbocycles. The minimum Gasteiger partial charge on any atom is -0.488 e. The molecule has 3 aromatic rings. The minimum absolute atomic E-state index is 0.0724. The molecule has 0 fully saturated rings. The molecule has 37 heavy (non-hydrogen) atoms. The average molecular weight is 499 g/mol. The Morgan fingerprint density at radius 2 is 1.57 bits per heavy atom. The van der Waals surface area contributed by atoms with E-state index in [0.29, 0.717) is 6.42 Å². The van der Waals surface area contributed by atoms with E-state index < -0.39 is 18.0 Å². The van der Waals surface area contributed by atoms with Crippen molar-refractivity contribution >= 4 is 12.0 Å². The molecule has 1 aliphatic carbocycles. The summed E-state index contributed by atoms with van der Waals surface area (Å²) in [4.78, 5) is 27.4. The van der Waals surface area contributed by atoms with E-state index in [0.717, 1.165) is 33.6 Å². The smallest absolute Gasteiger partial charge is 0.407 e. The number of carbonyl (C=O) groups excluding carboxylic acids is 2. The lowest BCUT2D eigenvalue weighted by atomic mass is 9.98. The fourth-order valence-corrected chi connectivity index (χ4v) is 4.61. The van der Waals surface area contributed by atoms with Crippen LogP contribution < -0.4 is 10.1 Å². The molecule has 0 aromatic heterocycles. The molecular weight excluding hydrogens is 468 g/mol. The maximum atomic E-state index is 12.8. The quantitative estimate of drug-likeness (QED) is 0.216. The van der Waals surface area contributed by atoms with E-state index in [1.54, 1.807) is 0 Å². The summed E-state index contributed by atoms with van der Waals surface area (Å²) >= 11 is 0. The number of benzene rings is 3. The maximum Gasteiger partial charge on any atom is 0.407 e. The van der Waals surface area contributed by atoms with Gasteiger partial charge in [-0.2, -0.15) is 0 Å². The second kappa shape index (κ2) is 11.2. The van der Waals surface area contributed by atoms with Crippen molar-refractivity contribution in [2.75, 3.05) is 6.61 Å². The molecule has 4 rings (SSSR count). The molecule has 8 nitrogen and oxygen atoms in total. The van der Waals surface area contributed by atoms with E-state index in [1.165, 1.54) is 0 Å². The summed E-state index contributed by atoms with van der Waals surface area (Å²) in [6.45, 7) is 6.07. The lowest BCUT2D eigenvalue weighted by Gasteiger charge is -2.22. The first-order chi connectivity index (χ1) is 17.7. The highest BCUT2D eigenvalue weighted by Crippen LogP contribution is 2.44. The number of rotatable bonds is 8. The molecule has 0 aliphatic heterocycles. The molecule has 0 bridgehead atoms. The lowest BCUT2D eigenvalue weighted by molar-refractivity contribution is -0.118. The number of carbonyl (C=O) groups is 2. The van der Waals surface area contributed by atoms with Crippen LogP contribution in [0.15, 0.2) is 77.9 Å². The Morgan fingerprint density at radius 3 is 2.14 bits per heavy atom. The van der Waals surface area contributed by atoms with Crippen LogP contribution in [0.2, 0.25) is 0 Å². The Bertz CT molecular complexity index is 1280.